The van der Waals surface area contributed by atoms with Crippen LogP contribution < -0.4 is 0 Å². The minimum Gasteiger partial charge on any atom is -0.382 e. The predicted molar refractivity (Wildman–Crippen MR) is 68.7 cm³/mol. The van der Waals surface area contributed by atoms with Crippen LogP contribution in [-0.2, 0) is 10.5 Å². The van der Waals surface area contributed by atoms with Gasteiger partial charge >= 0.3 is 0 Å². The Kier molecular flexibility index (Phi) is 3.77. The van der Waals surface area contributed by atoms with Crippen molar-refractivity contribution in [3.05, 3.63) is 71.8 Å². The highest BCUT2D eigenvalue weighted by Gasteiger charge is 2.38. The smallest absolute Gasteiger partial charge is 0.223 e. The molecule has 0 spiro atoms. The largest absolute Gasteiger partial charge is 0.382 e. The summed E-state index contributed by atoms with van der Waals surface area (Å²) in [6, 6.07) is 17.8. The van der Waals surface area contributed by atoms with Gasteiger partial charge < -0.3 is 14.9 Å². The first-order chi connectivity index (χ1) is 8.68. The molecule has 0 bridgehead atoms. The quantitative estimate of drug-likeness (QED) is 0.811. The van der Waals surface area contributed by atoms with Crippen molar-refractivity contribution in [3.8, 4) is 0 Å². The minimum atomic E-state index is -1.75. The van der Waals surface area contributed by atoms with E-state index >= 15 is 0 Å². The second-order valence-corrected chi connectivity index (χ2v) is 4.08. The highest BCUT2D eigenvalue weighted by atomic mass is 16.6. The van der Waals surface area contributed by atoms with Gasteiger partial charge in [0.2, 0.25) is 5.79 Å². The van der Waals surface area contributed by atoms with E-state index in [1.165, 1.54) is 7.11 Å². The predicted octanol–water partition coefficient (Wildman–Crippen LogP) is 2.21. The van der Waals surface area contributed by atoms with Crippen LogP contribution in [-0.4, -0.2) is 17.3 Å². The first-order valence-corrected chi connectivity index (χ1v) is 5.74. The molecule has 0 heterocycles. The van der Waals surface area contributed by atoms with Crippen LogP contribution in [0.4, 0.5) is 0 Å². The average Bonchev–Trinajstić information content (AvgIpc) is 2.47. The van der Waals surface area contributed by atoms with Gasteiger partial charge in [0, 0.05) is 12.7 Å². The van der Waals surface area contributed by atoms with Crippen molar-refractivity contribution in [2.45, 2.75) is 11.9 Å². The van der Waals surface area contributed by atoms with Gasteiger partial charge in [-0.3, -0.25) is 0 Å². The van der Waals surface area contributed by atoms with Gasteiger partial charge in [0.15, 0.2) is 0 Å². The van der Waals surface area contributed by atoms with Gasteiger partial charge in [-0.1, -0.05) is 60.7 Å². The molecule has 2 rings (SSSR count). The number of aliphatic hydroxyl groups excluding tert-OH is 1. The van der Waals surface area contributed by atoms with Crippen molar-refractivity contribution < 1.29 is 14.9 Å². The standard InChI is InChI=1S/C15H16O3/c1-18-15(17,13-10-6-3-7-11-13)14(16)12-8-4-2-5-9-12/h2-11,14,16-17H,1H3. The molecule has 3 heteroatoms. The van der Waals surface area contributed by atoms with Crippen molar-refractivity contribution in [1.29, 1.82) is 0 Å². The van der Waals surface area contributed by atoms with E-state index in [0.29, 0.717) is 11.1 Å². The molecule has 0 aromatic heterocycles. The second-order valence-electron chi connectivity index (χ2n) is 4.08. The lowest BCUT2D eigenvalue weighted by molar-refractivity contribution is -0.255. The van der Waals surface area contributed by atoms with E-state index < -0.39 is 11.9 Å². The number of hydrogen-bond donors (Lipinski definition) is 2. The molecular formula is C15H16O3. The number of rotatable bonds is 4. The van der Waals surface area contributed by atoms with E-state index in [-0.39, 0.29) is 0 Å². The summed E-state index contributed by atoms with van der Waals surface area (Å²) in [4.78, 5) is 0. The molecule has 2 N–H and O–H groups in total. The summed E-state index contributed by atoms with van der Waals surface area (Å²) in [5.74, 6) is -1.75. The Bertz CT molecular complexity index is 484. The zero-order chi connectivity index (χ0) is 13.0. The van der Waals surface area contributed by atoms with Crippen molar-refractivity contribution in [1.82, 2.24) is 0 Å². The average molecular weight is 244 g/mol. The molecule has 0 saturated heterocycles. The van der Waals surface area contributed by atoms with E-state index in [9.17, 15) is 10.2 Å². The zero-order valence-corrected chi connectivity index (χ0v) is 10.2. The van der Waals surface area contributed by atoms with Gasteiger partial charge in [-0.15, -0.1) is 0 Å². The normalized spacial score (nSPS) is 15.9. The van der Waals surface area contributed by atoms with Gasteiger partial charge in [-0.2, -0.15) is 0 Å². The van der Waals surface area contributed by atoms with Crippen LogP contribution in [0.25, 0.3) is 0 Å². The third-order valence-electron chi connectivity index (χ3n) is 2.98. The number of benzene rings is 2. The Morgan fingerprint density at radius 3 is 1.94 bits per heavy atom. The topological polar surface area (TPSA) is 49.7 Å². The number of methoxy groups -OCH3 is 1. The lowest BCUT2D eigenvalue weighted by Gasteiger charge is -2.32. The Morgan fingerprint density at radius 2 is 1.44 bits per heavy atom. The maximum absolute atomic E-state index is 10.5. The first-order valence-electron chi connectivity index (χ1n) is 5.74. The minimum absolute atomic E-state index is 0.517. The van der Waals surface area contributed by atoms with Crippen LogP contribution in [0.2, 0.25) is 0 Å². The Morgan fingerprint density at radius 1 is 0.944 bits per heavy atom. The van der Waals surface area contributed by atoms with Crippen LogP contribution in [0, 0.1) is 0 Å². The molecule has 2 unspecified atom stereocenters. The van der Waals surface area contributed by atoms with Gasteiger partial charge in [0.1, 0.15) is 6.10 Å². The Labute approximate surface area is 106 Å². The van der Waals surface area contributed by atoms with E-state index in [1.54, 1.807) is 48.5 Å². The highest BCUT2D eigenvalue weighted by molar-refractivity contribution is 5.27. The molecule has 2 aromatic rings. The summed E-state index contributed by atoms with van der Waals surface area (Å²) in [5, 5.41) is 20.9. The molecule has 0 aliphatic heterocycles. The molecule has 0 fully saturated rings. The second kappa shape index (κ2) is 5.31. The maximum Gasteiger partial charge on any atom is 0.223 e. The van der Waals surface area contributed by atoms with Gasteiger partial charge in [-0.25, -0.2) is 0 Å². The van der Waals surface area contributed by atoms with E-state index in [0.717, 1.165) is 0 Å². The molecular weight excluding hydrogens is 228 g/mol. The summed E-state index contributed by atoms with van der Waals surface area (Å²) < 4.78 is 5.15. The lowest BCUT2D eigenvalue weighted by Crippen LogP contribution is -2.35. The summed E-state index contributed by atoms with van der Waals surface area (Å²) in [5.41, 5.74) is 1.12. The summed E-state index contributed by atoms with van der Waals surface area (Å²) in [6.45, 7) is 0. The summed E-state index contributed by atoms with van der Waals surface area (Å²) in [7, 11) is 1.37. The molecule has 0 aliphatic carbocycles. The molecule has 0 amide bonds. The molecule has 2 aromatic carbocycles. The maximum atomic E-state index is 10.5. The van der Waals surface area contributed by atoms with Gasteiger partial charge in [0.25, 0.3) is 0 Å². The van der Waals surface area contributed by atoms with Crippen molar-refractivity contribution in [3.63, 3.8) is 0 Å². The molecule has 0 aliphatic rings. The van der Waals surface area contributed by atoms with Crippen LogP contribution >= 0.6 is 0 Å². The van der Waals surface area contributed by atoms with Crippen molar-refractivity contribution >= 4 is 0 Å². The number of hydrogen-bond acceptors (Lipinski definition) is 3. The van der Waals surface area contributed by atoms with Crippen LogP contribution in [0.1, 0.15) is 17.2 Å². The first kappa shape index (κ1) is 12.8. The number of aliphatic hydroxyl groups is 2. The molecule has 0 saturated carbocycles. The zero-order valence-electron chi connectivity index (χ0n) is 10.2. The highest BCUT2D eigenvalue weighted by Crippen LogP contribution is 2.35. The summed E-state index contributed by atoms with van der Waals surface area (Å²) >= 11 is 0. The van der Waals surface area contributed by atoms with E-state index in [2.05, 4.69) is 0 Å². The lowest BCUT2D eigenvalue weighted by atomic mass is 9.94. The third-order valence-corrected chi connectivity index (χ3v) is 2.98. The third kappa shape index (κ3) is 2.29. The van der Waals surface area contributed by atoms with Gasteiger partial charge in [-0.05, 0) is 5.56 Å². The van der Waals surface area contributed by atoms with Crippen LogP contribution in [0.3, 0.4) is 0 Å². The fourth-order valence-electron chi connectivity index (χ4n) is 1.93. The SMILES string of the molecule is COC(O)(c1ccccc1)C(O)c1ccccc1. The van der Waals surface area contributed by atoms with Gasteiger partial charge in [0.05, 0.1) is 0 Å². The van der Waals surface area contributed by atoms with Crippen molar-refractivity contribution in [2.75, 3.05) is 7.11 Å². The van der Waals surface area contributed by atoms with E-state index in [1.807, 2.05) is 12.1 Å². The number of ether oxygens (including phenoxy) is 1. The van der Waals surface area contributed by atoms with Crippen molar-refractivity contribution in [2.24, 2.45) is 0 Å². The van der Waals surface area contributed by atoms with E-state index in [4.69, 9.17) is 4.74 Å². The summed E-state index contributed by atoms with van der Waals surface area (Å²) in [6.07, 6.45) is -1.15. The molecule has 0 radical (unpaired) electrons. The Balaban J connectivity index is 2.39. The monoisotopic (exact) mass is 244 g/mol. The molecule has 3 nitrogen and oxygen atoms in total. The van der Waals surface area contributed by atoms with Crippen LogP contribution in [0.15, 0.2) is 60.7 Å². The fraction of sp³-hybridized carbons (Fsp3) is 0.200. The molecule has 94 valence electrons. The molecule has 18 heavy (non-hydrogen) atoms. The Hall–Kier alpha value is -1.68. The van der Waals surface area contributed by atoms with Crippen LogP contribution in [0.5, 0.6) is 0 Å². The molecule has 2 atom stereocenters. The fourth-order valence-corrected chi connectivity index (χ4v) is 1.93.